The minimum Gasteiger partial charge on any atom is -0.507 e. The summed E-state index contributed by atoms with van der Waals surface area (Å²) in [4.78, 5) is 3.52. The van der Waals surface area contributed by atoms with Gasteiger partial charge in [0.1, 0.15) is 5.75 Å². The van der Waals surface area contributed by atoms with Crippen LogP contribution in [0, 0.1) is 0 Å². The lowest BCUT2D eigenvalue weighted by Gasteiger charge is -2.20. The molecule has 1 aromatic heterocycles. The molecule has 0 spiro atoms. The van der Waals surface area contributed by atoms with Crippen molar-refractivity contribution < 1.29 is 5.11 Å². The first-order chi connectivity index (χ1) is 11.4. The van der Waals surface area contributed by atoms with Crippen LogP contribution in [-0.2, 0) is 5.41 Å². The van der Waals surface area contributed by atoms with Gasteiger partial charge in [-0.3, -0.25) is 0 Å². The van der Waals surface area contributed by atoms with Crippen molar-refractivity contribution >= 4 is 21.8 Å². The highest BCUT2D eigenvalue weighted by Gasteiger charge is 2.18. The van der Waals surface area contributed by atoms with Gasteiger partial charge in [-0.25, -0.2) is 0 Å². The standard InChI is InChI=1S/C22H21NO/c1-22(2,3)14-11-12-20(24)18(13-14)17-9-6-8-16-15-7-4-5-10-19(15)23-21(16)17/h4-13,23-24H,1-3H3. The van der Waals surface area contributed by atoms with Crippen LogP contribution >= 0.6 is 0 Å². The molecule has 2 nitrogen and oxygen atoms in total. The summed E-state index contributed by atoms with van der Waals surface area (Å²) in [5.74, 6) is 0.314. The Labute approximate surface area is 141 Å². The number of hydrogen-bond acceptors (Lipinski definition) is 1. The highest BCUT2D eigenvalue weighted by Crippen LogP contribution is 2.39. The van der Waals surface area contributed by atoms with Gasteiger partial charge in [0.05, 0.1) is 5.52 Å². The zero-order valence-electron chi connectivity index (χ0n) is 14.2. The highest BCUT2D eigenvalue weighted by atomic mass is 16.3. The molecule has 0 fully saturated rings. The Kier molecular flexibility index (Phi) is 3.17. The van der Waals surface area contributed by atoms with E-state index >= 15 is 0 Å². The molecule has 0 unspecified atom stereocenters. The summed E-state index contributed by atoms with van der Waals surface area (Å²) in [6.45, 7) is 6.56. The maximum Gasteiger partial charge on any atom is 0.123 e. The van der Waals surface area contributed by atoms with Gasteiger partial charge in [0.2, 0.25) is 0 Å². The lowest BCUT2D eigenvalue weighted by atomic mass is 9.85. The number of nitrogens with one attached hydrogen (secondary N) is 1. The first-order valence-corrected chi connectivity index (χ1v) is 8.28. The number of aromatic amines is 1. The quantitative estimate of drug-likeness (QED) is 0.444. The van der Waals surface area contributed by atoms with E-state index in [4.69, 9.17) is 0 Å². The third-order valence-corrected chi connectivity index (χ3v) is 4.69. The van der Waals surface area contributed by atoms with Crippen LogP contribution in [0.5, 0.6) is 5.75 Å². The van der Waals surface area contributed by atoms with Crippen molar-refractivity contribution in [3.05, 3.63) is 66.2 Å². The average molecular weight is 315 g/mol. The van der Waals surface area contributed by atoms with Crippen LogP contribution in [0.4, 0.5) is 0 Å². The van der Waals surface area contributed by atoms with E-state index in [1.807, 2.05) is 12.1 Å². The van der Waals surface area contributed by atoms with E-state index < -0.39 is 0 Å². The number of para-hydroxylation sites is 2. The summed E-state index contributed by atoms with van der Waals surface area (Å²) >= 11 is 0. The van der Waals surface area contributed by atoms with Gasteiger partial charge >= 0.3 is 0 Å². The Hall–Kier alpha value is -2.74. The Bertz CT molecular complexity index is 1050. The molecule has 0 amide bonds. The van der Waals surface area contributed by atoms with Crippen LogP contribution in [0.25, 0.3) is 32.9 Å². The molecule has 120 valence electrons. The van der Waals surface area contributed by atoms with Crippen molar-refractivity contribution in [1.82, 2.24) is 4.98 Å². The minimum absolute atomic E-state index is 0.0385. The molecule has 2 heteroatoms. The fourth-order valence-corrected chi connectivity index (χ4v) is 3.32. The van der Waals surface area contributed by atoms with Crippen LogP contribution in [-0.4, -0.2) is 10.1 Å². The summed E-state index contributed by atoms with van der Waals surface area (Å²) in [6, 6.07) is 20.5. The van der Waals surface area contributed by atoms with Crippen LogP contribution in [0.3, 0.4) is 0 Å². The number of phenols is 1. The molecule has 0 saturated heterocycles. The predicted octanol–water partition coefficient (Wildman–Crippen LogP) is 5.99. The van der Waals surface area contributed by atoms with Gasteiger partial charge in [0, 0.05) is 27.4 Å². The van der Waals surface area contributed by atoms with E-state index in [2.05, 4.69) is 68.2 Å². The van der Waals surface area contributed by atoms with Crippen molar-refractivity contribution in [1.29, 1.82) is 0 Å². The van der Waals surface area contributed by atoms with Crippen molar-refractivity contribution in [3.8, 4) is 16.9 Å². The fraction of sp³-hybridized carbons (Fsp3) is 0.182. The van der Waals surface area contributed by atoms with Gasteiger partial charge in [-0.2, -0.15) is 0 Å². The molecule has 1 heterocycles. The maximum absolute atomic E-state index is 10.5. The normalized spacial score (nSPS) is 12.1. The van der Waals surface area contributed by atoms with E-state index in [0.29, 0.717) is 5.75 Å². The number of phenolic OH excluding ortho intramolecular Hbond substituents is 1. The Morgan fingerprint density at radius 3 is 2.33 bits per heavy atom. The van der Waals surface area contributed by atoms with Gasteiger partial charge in [0.25, 0.3) is 0 Å². The van der Waals surface area contributed by atoms with Gasteiger partial charge in [-0.15, -0.1) is 0 Å². The molecule has 0 radical (unpaired) electrons. The number of benzene rings is 3. The van der Waals surface area contributed by atoms with E-state index in [1.165, 1.54) is 16.3 Å². The second kappa shape index (κ2) is 5.13. The predicted molar refractivity (Wildman–Crippen MR) is 102 cm³/mol. The number of aromatic nitrogens is 1. The first-order valence-electron chi connectivity index (χ1n) is 8.28. The number of rotatable bonds is 1. The lowest BCUT2D eigenvalue weighted by Crippen LogP contribution is -2.10. The molecule has 4 rings (SSSR count). The minimum atomic E-state index is 0.0385. The lowest BCUT2D eigenvalue weighted by molar-refractivity contribution is 0.476. The summed E-state index contributed by atoms with van der Waals surface area (Å²) in [7, 11) is 0. The summed E-state index contributed by atoms with van der Waals surface area (Å²) < 4.78 is 0. The van der Waals surface area contributed by atoms with Crippen LogP contribution in [0.2, 0.25) is 0 Å². The largest absolute Gasteiger partial charge is 0.507 e. The van der Waals surface area contributed by atoms with Gasteiger partial charge in [-0.05, 0) is 29.2 Å². The van der Waals surface area contributed by atoms with Crippen molar-refractivity contribution in [2.45, 2.75) is 26.2 Å². The Morgan fingerprint density at radius 1 is 0.792 bits per heavy atom. The molecule has 0 aliphatic carbocycles. The first kappa shape index (κ1) is 14.8. The molecular weight excluding hydrogens is 294 g/mol. The average Bonchev–Trinajstić information content (AvgIpc) is 2.93. The molecule has 0 saturated carbocycles. The molecule has 0 atom stereocenters. The summed E-state index contributed by atoms with van der Waals surface area (Å²) in [5, 5.41) is 12.9. The summed E-state index contributed by atoms with van der Waals surface area (Å²) in [5.41, 5.74) is 5.35. The maximum atomic E-state index is 10.5. The monoisotopic (exact) mass is 315 g/mol. The molecule has 3 aromatic carbocycles. The molecular formula is C22H21NO. The second-order valence-electron chi connectivity index (χ2n) is 7.38. The highest BCUT2D eigenvalue weighted by molar-refractivity contribution is 6.12. The van der Waals surface area contributed by atoms with Gasteiger partial charge in [0.15, 0.2) is 0 Å². The fourth-order valence-electron chi connectivity index (χ4n) is 3.32. The Balaban J connectivity index is 2.04. The van der Waals surface area contributed by atoms with Crippen LogP contribution in [0.15, 0.2) is 60.7 Å². The van der Waals surface area contributed by atoms with E-state index in [0.717, 1.165) is 22.2 Å². The zero-order valence-corrected chi connectivity index (χ0v) is 14.2. The molecule has 0 aliphatic heterocycles. The van der Waals surface area contributed by atoms with E-state index in [-0.39, 0.29) is 5.41 Å². The van der Waals surface area contributed by atoms with Crippen molar-refractivity contribution in [3.63, 3.8) is 0 Å². The molecule has 4 aromatic rings. The van der Waals surface area contributed by atoms with Crippen molar-refractivity contribution in [2.75, 3.05) is 0 Å². The zero-order chi connectivity index (χ0) is 16.9. The van der Waals surface area contributed by atoms with Gasteiger partial charge < -0.3 is 10.1 Å². The smallest absolute Gasteiger partial charge is 0.123 e. The number of fused-ring (bicyclic) bond motifs is 3. The van der Waals surface area contributed by atoms with Gasteiger partial charge in [-0.1, -0.05) is 63.2 Å². The molecule has 0 aliphatic rings. The van der Waals surface area contributed by atoms with Crippen LogP contribution < -0.4 is 0 Å². The van der Waals surface area contributed by atoms with E-state index in [9.17, 15) is 5.11 Å². The van der Waals surface area contributed by atoms with E-state index in [1.54, 1.807) is 6.07 Å². The third-order valence-electron chi connectivity index (χ3n) is 4.69. The molecule has 0 bridgehead atoms. The SMILES string of the molecule is CC(C)(C)c1ccc(O)c(-c2cccc3c2[nH]c2ccccc23)c1. The summed E-state index contributed by atoms with van der Waals surface area (Å²) in [6.07, 6.45) is 0. The van der Waals surface area contributed by atoms with Crippen LogP contribution in [0.1, 0.15) is 26.3 Å². The molecule has 2 N–H and O–H groups in total. The Morgan fingerprint density at radius 2 is 1.54 bits per heavy atom. The number of aromatic hydroxyl groups is 1. The topological polar surface area (TPSA) is 36.0 Å². The number of H-pyrrole nitrogens is 1. The number of hydrogen-bond donors (Lipinski definition) is 2. The second-order valence-corrected chi connectivity index (χ2v) is 7.38. The molecule has 24 heavy (non-hydrogen) atoms. The van der Waals surface area contributed by atoms with Crippen molar-refractivity contribution in [2.24, 2.45) is 0 Å². The third kappa shape index (κ3) is 2.26.